The van der Waals surface area contributed by atoms with Gasteiger partial charge in [-0.15, -0.1) is 0 Å². The molecule has 10 heteroatoms. The topological polar surface area (TPSA) is 149 Å². The summed E-state index contributed by atoms with van der Waals surface area (Å²) in [7, 11) is 0. The summed E-state index contributed by atoms with van der Waals surface area (Å²) in [6.07, 6.45) is 6.11. The van der Waals surface area contributed by atoms with Crippen molar-refractivity contribution in [3.8, 4) is 0 Å². The summed E-state index contributed by atoms with van der Waals surface area (Å²) in [6, 6.07) is 12.0. The van der Waals surface area contributed by atoms with Gasteiger partial charge in [-0.1, -0.05) is 37.5 Å². The highest BCUT2D eigenvalue weighted by atomic mass is 16.6. The van der Waals surface area contributed by atoms with Gasteiger partial charge in [0.15, 0.2) is 0 Å². The SMILES string of the molecule is CC(NC(=O)C(C)(Cc1c[nH]c2ccccc12)NC(=O)Nc1ccc([N+](=O)[O-])cc1)C1(O)CCCCC1. The molecule has 1 heterocycles. The molecule has 196 valence electrons. The Hall–Kier alpha value is -3.92. The van der Waals surface area contributed by atoms with E-state index in [-0.39, 0.29) is 12.1 Å². The first kappa shape index (κ1) is 26.2. The van der Waals surface area contributed by atoms with Crippen molar-refractivity contribution in [1.82, 2.24) is 15.6 Å². The Balaban J connectivity index is 1.55. The van der Waals surface area contributed by atoms with Crippen LogP contribution in [0.15, 0.2) is 54.7 Å². The van der Waals surface area contributed by atoms with Crippen molar-refractivity contribution in [3.63, 3.8) is 0 Å². The number of anilines is 1. The third-order valence-electron chi connectivity index (χ3n) is 7.32. The monoisotopic (exact) mass is 507 g/mol. The molecule has 0 saturated heterocycles. The number of hydrogen-bond acceptors (Lipinski definition) is 5. The van der Waals surface area contributed by atoms with E-state index in [1.54, 1.807) is 13.8 Å². The lowest BCUT2D eigenvalue weighted by Crippen LogP contribution is -2.63. The Bertz CT molecular complexity index is 1280. The zero-order valence-electron chi connectivity index (χ0n) is 21.0. The molecular formula is C27H33N5O5. The number of para-hydroxylation sites is 1. The summed E-state index contributed by atoms with van der Waals surface area (Å²) in [4.78, 5) is 40.3. The molecule has 1 aliphatic carbocycles. The predicted octanol–water partition coefficient (Wildman–Crippen LogP) is 4.40. The lowest BCUT2D eigenvalue weighted by Gasteiger charge is -2.39. The molecule has 1 saturated carbocycles. The van der Waals surface area contributed by atoms with Crippen molar-refractivity contribution in [2.75, 3.05) is 5.32 Å². The Morgan fingerprint density at radius 1 is 1.14 bits per heavy atom. The molecule has 4 rings (SSSR count). The third-order valence-corrected chi connectivity index (χ3v) is 7.32. The van der Waals surface area contributed by atoms with E-state index >= 15 is 0 Å². The van der Waals surface area contributed by atoms with Crippen molar-refractivity contribution < 1.29 is 19.6 Å². The van der Waals surface area contributed by atoms with Gasteiger partial charge in [0.05, 0.1) is 16.6 Å². The molecular weight excluding hydrogens is 474 g/mol. The number of aromatic nitrogens is 1. The number of urea groups is 1. The number of hydrogen-bond donors (Lipinski definition) is 5. The van der Waals surface area contributed by atoms with Crippen molar-refractivity contribution >= 4 is 34.2 Å². The minimum atomic E-state index is -1.37. The number of nitrogens with zero attached hydrogens (tertiary/aromatic N) is 1. The normalized spacial score (nSPS) is 17.4. The number of rotatable bonds is 8. The molecule has 2 atom stereocenters. The van der Waals surface area contributed by atoms with Gasteiger partial charge in [0.25, 0.3) is 5.69 Å². The van der Waals surface area contributed by atoms with Gasteiger partial charge in [-0.2, -0.15) is 0 Å². The molecule has 0 radical (unpaired) electrons. The molecule has 3 amide bonds. The number of benzene rings is 2. The van der Waals surface area contributed by atoms with Crippen LogP contribution in [0.5, 0.6) is 0 Å². The second-order valence-electron chi connectivity index (χ2n) is 10.1. The van der Waals surface area contributed by atoms with Gasteiger partial charge in [0, 0.05) is 41.3 Å². The quantitative estimate of drug-likeness (QED) is 0.226. The molecule has 0 bridgehead atoms. The summed E-state index contributed by atoms with van der Waals surface area (Å²) in [5.74, 6) is -0.414. The van der Waals surface area contributed by atoms with Gasteiger partial charge >= 0.3 is 6.03 Å². The predicted molar refractivity (Wildman–Crippen MR) is 141 cm³/mol. The number of nitrogens with one attached hydrogen (secondary N) is 4. The number of H-pyrrole nitrogens is 1. The number of aliphatic hydroxyl groups is 1. The Labute approximate surface area is 215 Å². The van der Waals surface area contributed by atoms with Gasteiger partial charge in [-0.3, -0.25) is 14.9 Å². The highest BCUT2D eigenvalue weighted by molar-refractivity contribution is 5.96. The Kier molecular flexibility index (Phi) is 7.49. The van der Waals surface area contributed by atoms with E-state index in [4.69, 9.17) is 0 Å². The molecule has 5 N–H and O–H groups in total. The molecule has 10 nitrogen and oxygen atoms in total. The van der Waals surface area contributed by atoms with Gasteiger partial charge in [0.1, 0.15) is 5.54 Å². The van der Waals surface area contributed by atoms with Crippen LogP contribution in [0.25, 0.3) is 10.9 Å². The van der Waals surface area contributed by atoms with E-state index in [9.17, 15) is 24.8 Å². The maximum atomic E-state index is 13.7. The first-order valence-electron chi connectivity index (χ1n) is 12.5. The van der Waals surface area contributed by atoms with E-state index in [0.29, 0.717) is 18.5 Å². The number of fused-ring (bicyclic) bond motifs is 1. The average molecular weight is 508 g/mol. The van der Waals surface area contributed by atoms with Crippen LogP contribution in [0.2, 0.25) is 0 Å². The second-order valence-corrected chi connectivity index (χ2v) is 10.1. The van der Waals surface area contributed by atoms with Crippen LogP contribution in [0.1, 0.15) is 51.5 Å². The lowest BCUT2D eigenvalue weighted by molar-refractivity contribution is -0.384. The van der Waals surface area contributed by atoms with Crippen LogP contribution in [-0.4, -0.2) is 44.1 Å². The summed E-state index contributed by atoms with van der Waals surface area (Å²) >= 11 is 0. The van der Waals surface area contributed by atoms with Gasteiger partial charge < -0.3 is 26.0 Å². The van der Waals surface area contributed by atoms with E-state index in [1.807, 2.05) is 30.5 Å². The average Bonchev–Trinajstić information content (AvgIpc) is 3.27. The first-order chi connectivity index (χ1) is 17.6. The molecule has 2 aromatic carbocycles. The molecule has 2 unspecified atom stereocenters. The number of aromatic amines is 1. The fourth-order valence-corrected chi connectivity index (χ4v) is 5.01. The minimum Gasteiger partial charge on any atom is -0.388 e. The summed E-state index contributed by atoms with van der Waals surface area (Å²) < 4.78 is 0. The smallest absolute Gasteiger partial charge is 0.320 e. The van der Waals surface area contributed by atoms with Crippen LogP contribution < -0.4 is 16.0 Å². The molecule has 0 spiro atoms. The van der Waals surface area contributed by atoms with E-state index in [0.717, 1.165) is 35.7 Å². The summed E-state index contributed by atoms with van der Waals surface area (Å²) in [6.45, 7) is 3.45. The van der Waals surface area contributed by atoms with Crippen molar-refractivity contribution in [2.24, 2.45) is 0 Å². The fourth-order valence-electron chi connectivity index (χ4n) is 5.01. The zero-order valence-corrected chi connectivity index (χ0v) is 21.0. The molecule has 3 aromatic rings. The van der Waals surface area contributed by atoms with Crippen LogP contribution in [0.3, 0.4) is 0 Å². The first-order valence-corrected chi connectivity index (χ1v) is 12.5. The van der Waals surface area contributed by atoms with Gasteiger partial charge in [-0.05, 0) is 50.5 Å². The van der Waals surface area contributed by atoms with Gasteiger partial charge in [0.2, 0.25) is 5.91 Å². The molecule has 1 aromatic heterocycles. The third kappa shape index (κ3) is 5.91. The van der Waals surface area contributed by atoms with Crippen LogP contribution >= 0.6 is 0 Å². The minimum absolute atomic E-state index is 0.0934. The van der Waals surface area contributed by atoms with Crippen molar-refractivity contribution in [3.05, 3.63) is 70.4 Å². The molecule has 1 fully saturated rings. The van der Waals surface area contributed by atoms with Crippen LogP contribution in [-0.2, 0) is 11.2 Å². The number of nitro groups is 1. The highest BCUT2D eigenvalue weighted by Gasteiger charge is 2.41. The highest BCUT2D eigenvalue weighted by Crippen LogP contribution is 2.31. The maximum Gasteiger partial charge on any atom is 0.320 e. The number of non-ortho nitro benzene ring substituents is 1. The number of carbonyl (C=O) groups excluding carboxylic acids is 2. The summed E-state index contributed by atoms with van der Waals surface area (Å²) in [5, 5.41) is 31.4. The largest absolute Gasteiger partial charge is 0.388 e. The van der Waals surface area contributed by atoms with Gasteiger partial charge in [-0.25, -0.2) is 4.79 Å². The molecule has 1 aliphatic rings. The number of amides is 3. The number of carbonyl (C=O) groups is 2. The Morgan fingerprint density at radius 2 is 1.81 bits per heavy atom. The lowest BCUT2D eigenvalue weighted by atomic mass is 9.79. The van der Waals surface area contributed by atoms with Crippen LogP contribution in [0.4, 0.5) is 16.2 Å². The van der Waals surface area contributed by atoms with E-state index in [2.05, 4.69) is 20.9 Å². The maximum absolute atomic E-state index is 13.7. The second kappa shape index (κ2) is 10.6. The summed E-state index contributed by atoms with van der Waals surface area (Å²) in [5.41, 5.74) is -0.327. The standard InChI is InChI=1S/C27H33N5O5/c1-18(27(35)14-6-3-7-15-27)29-24(33)26(2,16-19-17-28-23-9-5-4-8-22(19)23)31-25(34)30-20-10-12-21(13-11-20)32(36)37/h4-5,8-13,17-18,28,35H,3,6-7,14-16H2,1-2H3,(H,29,33)(H2,30,31,34). The van der Waals surface area contributed by atoms with Crippen molar-refractivity contribution in [1.29, 1.82) is 0 Å². The van der Waals surface area contributed by atoms with E-state index in [1.165, 1.54) is 24.3 Å². The molecule has 37 heavy (non-hydrogen) atoms. The van der Waals surface area contributed by atoms with E-state index < -0.39 is 34.0 Å². The number of nitro benzene ring substituents is 1. The molecule has 0 aliphatic heterocycles. The zero-order chi connectivity index (χ0) is 26.6. The van der Waals surface area contributed by atoms with Crippen molar-refractivity contribution in [2.45, 2.75) is 69.6 Å². The Morgan fingerprint density at radius 3 is 2.49 bits per heavy atom. The fraction of sp³-hybridized carbons (Fsp3) is 0.407. The van der Waals surface area contributed by atoms with Crippen LogP contribution in [0, 0.1) is 10.1 Å².